The average Bonchev–Trinajstić information content (AvgIpc) is 3.50. The van der Waals surface area contributed by atoms with E-state index in [9.17, 15) is 0 Å². The second-order valence-electron chi connectivity index (χ2n) is 28.6. The van der Waals surface area contributed by atoms with Crippen molar-refractivity contribution in [3.8, 4) is 22.3 Å². The lowest BCUT2D eigenvalue weighted by Gasteiger charge is -2.46. The molecule has 0 spiro atoms. The van der Waals surface area contributed by atoms with Gasteiger partial charge in [-0.25, -0.2) is 0 Å². The zero-order valence-corrected chi connectivity index (χ0v) is 47.7. The molecule has 7 aromatic rings. The number of benzene rings is 7. The second kappa shape index (κ2) is 16.1. The third-order valence-electron chi connectivity index (χ3n) is 18.1. The number of fused-ring (bicyclic) bond motifs is 6. The summed E-state index contributed by atoms with van der Waals surface area (Å²) in [6.45, 7) is 43.4. The third kappa shape index (κ3) is 7.96. The lowest BCUT2D eigenvalue weighted by atomic mass is 9.33. The Bertz CT molecular complexity index is 3390. The molecule has 11 rings (SSSR count). The van der Waals surface area contributed by atoms with E-state index in [1.54, 1.807) is 0 Å². The summed E-state index contributed by atoms with van der Waals surface area (Å²) < 4.78 is 0. The van der Waals surface area contributed by atoms with Crippen LogP contribution in [0.4, 0.5) is 34.1 Å². The summed E-state index contributed by atoms with van der Waals surface area (Å²) in [5.74, 6) is 0. The molecule has 0 radical (unpaired) electrons. The number of anilines is 6. The first-order chi connectivity index (χ1) is 34.0. The summed E-state index contributed by atoms with van der Waals surface area (Å²) in [4.78, 5) is 5.40. The van der Waals surface area contributed by atoms with Crippen molar-refractivity contribution in [2.24, 2.45) is 0 Å². The normalized spacial score (nSPS) is 17.9. The molecule has 2 heterocycles. The standard InChI is InChI=1S/C70H81BN2/c1-43-34-47(64(2,3)4)26-30-57(43)72-59-29-25-45(44-22-20-19-21-23-44)36-55(59)71-56-40-53-54(70(17,18)42-69(53,15)16)41-60(56)73(62-39-49(66(8,9)10)38-61(72)63(62)71)58-31-27-48(65(5,6)7)37-50(58)46-24-28-51-52(35-46)68(13,14)33-32-67(51,11)12/h19-31,34-41H,32-33,42H2,1-18H3. The fourth-order valence-corrected chi connectivity index (χ4v) is 13.8. The quantitative estimate of drug-likeness (QED) is 0.162. The second-order valence-corrected chi connectivity index (χ2v) is 28.6. The molecule has 3 heteroatoms. The Balaban J connectivity index is 1.29. The van der Waals surface area contributed by atoms with Crippen molar-refractivity contribution >= 4 is 57.2 Å². The number of hydrogen-bond donors (Lipinski definition) is 0. The van der Waals surface area contributed by atoms with Crippen LogP contribution in [0.5, 0.6) is 0 Å². The molecule has 0 saturated carbocycles. The molecule has 2 aliphatic heterocycles. The topological polar surface area (TPSA) is 6.48 Å². The number of rotatable bonds is 4. The van der Waals surface area contributed by atoms with Crippen molar-refractivity contribution < 1.29 is 0 Å². The minimum atomic E-state index is -0.138. The monoisotopic (exact) mass is 961 g/mol. The molecule has 0 saturated heterocycles. The van der Waals surface area contributed by atoms with Crippen LogP contribution in [-0.2, 0) is 37.9 Å². The molecule has 0 fully saturated rings. The van der Waals surface area contributed by atoms with Gasteiger partial charge in [0.2, 0.25) is 0 Å². The smallest absolute Gasteiger partial charge is 0.252 e. The maximum Gasteiger partial charge on any atom is 0.252 e. The highest BCUT2D eigenvalue weighted by molar-refractivity contribution is 7.00. The van der Waals surface area contributed by atoms with Crippen LogP contribution in [0, 0.1) is 6.92 Å². The van der Waals surface area contributed by atoms with Gasteiger partial charge in [0.05, 0.1) is 5.69 Å². The lowest BCUT2D eigenvalue weighted by Crippen LogP contribution is -2.61. The van der Waals surface area contributed by atoms with Gasteiger partial charge < -0.3 is 9.80 Å². The molecule has 0 atom stereocenters. The van der Waals surface area contributed by atoms with Gasteiger partial charge in [0, 0.05) is 34.0 Å². The summed E-state index contributed by atoms with van der Waals surface area (Å²) in [5, 5.41) is 0. The molecular formula is C70H81BN2. The predicted octanol–water partition coefficient (Wildman–Crippen LogP) is 17.6. The molecule has 7 aromatic carbocycles. The van der Waals surface area contributed by atoms with Crippen molar-refractivity contribution in [1.82, 2.24) is 0 Å². The first-order valence-electron chi connectivity index (χ1n) is 27.5. The van der Waals surface area contributed by atoms with Crippen LogP contribution >= 0.6 is 0 Å². The molecule has 0 bridgehead atoms. The van der Waals surface area contributed by atoms with Crippen molar-refractivity contribution in [2.75, 3.05) is 9.80 Å². The molecule has 4 aliphatic rings. The van der Waals surface area contributed by atoms with E-state index in [-0.39, 0.29) is 44.6 Å². The number of hydrogen-bond acceptors (Lipinski definition) is 2. The highest BCUT2D eigenvalue weighted by Crippen LogP contribution is 2.55. The first-order valence-corrected chi connectivity index (χ1v) is 27.5. The number of nitrogens with zero attached hydrogens (tertiary/aromatic N) is 2. The molecule has 0 amide bonds. The van der Waals surface area contributed by atoms with Gasteiger partial charge in [-0.3, -0.25) is 0 Å². The van der Waals surface area contributed by atoms with Crippen LogP contribution in [0.2, 0.25) is 0 Å². The Morgan fingerprint density at radius 1 is 0.384 bits per heavy atom. The molecule has 374 valence electrons. The number of aryl methyl sites for hydroxylation is 1. The lowest BCUT2D eigenvalue weighted by molar-refractivity contribution is 0.332. The summed E-state index contributed by atoms with van der Waals surface area (Å²) >= 11 is 0. The maximum atomic E-state index is 2.75. The van der Waals surface area contributed by atoms with Gasteiger partial charge in [0.1, 0.15) is 0 Å². The molecule has 0 unspecified atom stereocenters. The van der Waals surface area contributed by atoms with E-state index in [4.69, 9.17) is 0 Å². The van der Waals surface area contributed by atoms with Gasteiger partial charge >= 0.3 is 0 Å². The summed E-state index contributed by atoms with van der Waals surface area (Å²) in [5.41, 5.74) is 28.2. The van der Waals surface area contributed by atoms with Crippen LogP contribution in [0.15, 0.2) is 127 Å². The van der Waals surface area contributed by atoms with Crippen molar-refractivity contribution in [3.05, 3.63) is 172 Å². The van der Waals surface area contributed by atoms with E-state index in [1.165, 1.54) is 130 Å². The van der Waals surface area contributed by atoms with E-state index < -0.39 is 0 Å². The van der Waals surface area contributed by atoms with E-state index in [0.717, 1.165) is 6.42 Å². The van der Waals surface area contributed by atoms with Crippen molar-refractivity contribution in [1.29, 1.82) is 0 Å². The molecule has 2 aliphatic carbocycles. The van der Waals surface area contributed by atoms with Crippen molar-refractivity contribution in [2.45, 2.75) is 182 Å². The van der Waals surface area contributed by atoms with Gasteiger partial charge in [-0.1, -0.05) is 203 Å². The van der Waals surface area contributed by atoms with E-state index >= 15 is 0 Å². The molecule has 0 aromatic heterocycles. The summed E-state index contributed by atoms with van der Waals surface area (Å²) in [7, 11) is 0. The fourth-order valence-electron chi connectivity index (χ4n) is 13.8. The van der Waals surface area contributed by atoms with Crippen molar-refractivity contribution in [3.63, 3.8) is 0 Å². The molecular weight excluding hydrogens is 880 g/mol. The maximum absolute atomic E-state index is 2.75. The first kappa shape index (κ1) is 49.4. The Morgan fingerprint density at radius 3 is 1.49 bits per heavy atom. The molecule has 2 nitrogen and oxygen atoms in total. The zero-order valence-electron chi connectivity index (χ0n) is 47.7. The zero-order chi connectivity index (χ0) is 52.3. The van der Waals surface area contributed by atoms with Crippen LogP contribution in [0.3, 0.4) is 0 Å². The highest BCUT2D eigenvalue weighted by Gasteiger charge is 2.49. The van der Waals surface area contributed by atoms with Crippen LogP contribution < -0.4 is 26.2 Å². The van der Waals surface area contributed by atoms with Crippen LogP contribution in [-0.4, -0.2) is 6.71 Å². The fraction of sp³-hybridized carbons (Fsp3) is 0.400. The average molecular weight is 961 g/mol. The van der Waals surface area contributed by atoms with E-state index in [1.807, 2.05) is 0 Å². The minimum absolute atomic E-state index is 0.00647. The molecule has 73 heavy (non-hydrogen) atoms. The van der Waals surface area contributed by atoms with E-state index in [0.29, 0.717) is 0 Å². The van der Waals surface area contributed by atoms with Gasteiger partial charge in [0.15, 0.2) is 0 Å². The predicted molar refractivity (Wildman–Crippen MR) is 318 cm³/mol. The van der Waals surface area contributed by atoms with Gasteiger partial charge in [-0.05, 0) is 184 Å². The van der Waals surface area contributed by atoms with Gasteiger partial charge in [0.25, 0.3) is 6.71 Å². The Labute approximate surface area is 440 Å². The largest absolute Gasteiger partial charge is 0.311 e. The van der Waals surface area contributed by atoms with Gasteiger partial charge in [-0.15, -0.1) is 0 Å². The SMILES string of the molecule is Cc1cc(C(C)(C)C)ccc1N1c2ccc(-c3ccccc3)cc2B2c3cc4c(cc3N(c3ccc(C(C)(C)C)cc3-c3ccc5c(c3)C(C)(C)CCC5(C)C)c3cc(C(C)(C)C)cc1c32)C(C)(C)CC4(C)C. The van der Waals surface area contributed by atoms with Gasteiger partial charge in [-0.2, -0.15) is 0 Å². The Morgan fingerprint density at radius 2 is 0.890 bits per heavy atom. The van der Waals surface area contributed by atoms with E-state index in [2.05, 4.69) is 262 Å². The molecule has 0 N–H and O–H groups in total. The van der Waals surface area contributed by atoms with Crippen LogP contribution in [0.1, 0.15) is 181 Å². The Kier molecular flexibility index (Phi) is 10.9. The van der Waals surface area contributed by atoms with Crippen LogP contribution in [0.25, 0.3) is 22.3 Å². The summed E-state index contributed by atoms with van der Waals surface area (Å²) in [6.07, 6.45) is 3.48. The summed E-state index contributed by atoms with van der Waals surface area (Å²) in [6, 6.07) is 51.2. The highest BCUT2D eigenvalue weighted by atomic mass is 15.2. The minimum Gasteiger partial charge on any atom is -0.311 e. The third-order valence-corrected chi connectivity index (χ3v) is 18.1. The Hall–Kier alpha value is -5.80.